The molecule has 3 aromatic rings. The predicted octanol–water partition coefficient (Wildman–Crippen LogP) is 2.48. The zero-order valence-electron chi connectivity index (χ0n) is 23.9. The fourth-order valence-corrected chi connectivity index (χ4v) is 5.39. The maximum absolute atomic E-state index is 14.0. The Morgan fingerprint density at radius 3 is 2.58 bits per heavy atom. The number of carbonyl (C=O) groups is 2. The normalized spacial score (nSPS) is 15.8. The van der Waals surface area contributed by atoms with Crippen molar-refractivity contribution in [1.29, 1.82) is 0 Å². The van der Waals surface area contributed by atoms with Crippen molar-refractivity contribution in [3.05, 3.63) is 79.6 Å². The van der Waals surface area contributed by atoms with E-state index in [0.717, 1.165) is 17.0 Å². The molecule has 0 fully saturated rings. The van der Waals surface area contributed by atoms with Crippen molar-refractivity contribution in [2.45, 2.75) is 60.0 Å². The number of carbonyl (C=O) groups excluding carboxylic acids is 2. The van der Waals surface area contributed by atoms with E-state index in [1.807, 2.05) is 64.7 Å². The summed E-state index contributed by atoms with van der Waals surface area (Å²) < 4.78 is 9.33. The summed E-state index contributed by atoms with van der Waals surface area (Å²) in [6.45, 7) is 9.75. The Hall–Kier alpha value is -4.27. The Labute approximate surface area is 233 Å². The van der Waals surface area contributed by atoms with Gasteiger partial charge in [-0.2, -0.15) is 5.10 Å². The Bertz CT molecular complexity index is 1730. The lowest BCUT2D eigenvalue weighted by Crippen LogP contribution is -2.49. The number of fused-ring (bicyclic) bond motifs is 2. The topological polar surface area (TPSA) is 99.3 Å². The number of aryl methyl sites for hydroxylation is 1. The van der Waals surface area contributed by atoms with Crippen LogP contribution in [0.2, 0.25) is 0 Å². The van der Waals surface area contributed by atoms with Crippen LogP contribution < -0.4 is 20.9 Å². The molecule has 0 saturated carbocycles. The first kappa shape index (κ1) is 27.3. The van der Waals surface area contributed by atoms with Gasteiger partial charge in [0.15, 0.2) is 0 Å². The highest BCUT2D eigenvalue weighted by Gasteiger charge is 2.38. The van der Waals surface area contributed by atoms with Gasteiger partial charge in [0, 0.05) is 37.8 Å². The van der Waals surface area contributed by atoms with E-state index >= 15 is 0 Å². The minimum Gasteiger partial charge on any atom is -0.490 e. The van der Waals surface area contributed by atoms with E-state index in [4.69, 9.17) is 9.72 Å². The number of hydrogen-bond donors (Lipinski definition) is 0. The van der Waals surface area contributed by atoms with E-state index in [-0.39, 0.29) is 42.0 Å². The number of allylic oxidation sites excluding steroid dienone is 2. The quantitative estimate of drug-likeness (QED) is 0.426. The van der Waals surface area contributed by atoms with Crippen LogP contribution in [0, 0.1) is 5.92 Å². The summed E-state index contributed by atoms with van der Waals surface area (Å²) in [7, 11) is 1.90. The maximum Gasteiger partial charge on any atom is 0.265 e. The monoisotopic (exact) mass is 541 g/mol. The SMILES string of the molecule is CC=c1c(=CC(C)C)nc(CCN2C(=O)c3cccc(OC(C)C)c3C2=O)n(C2=CCc3cnn(C)c3C2)c1=O. The van der Waals surface area contributed by atoms with Crippen LogP contribution in [-0.2, 0) is 26.3 Å². The lowest BCUT2D eigenvalue weighted by Gasteiger charge is -2.21. The highest BCUT2D eigenvalue weighted by Crippen LogP contribution is 2.32. The molecule has 9 heteroatoms. The minimum atomic E-state index is -0.394. The van der Waals surface area contributed by atoms with Gasteiger partial charge in [-0.05, 0) is 50.8 Å². The van der Waals surface area contributed by atoms with Gasteiger partial charge in [0.2, 0.25) is 0 Å². The molecule has 0 atom stereocenters. The predicted molar refractivity (Wildman–Crippen MR) is 153 cm³/mol. The first-order valence-electron chi connectivity index (χ1n) is 13.8. The lowest BCUT2D eigenvalue weighted by molar-refractivity contribution is 0.0653. The van der Waals surface area contributed by atoms with Gasteiger partial charge in [-0.25, -0.2) is 4.98 Å². The lowest BCUT2D eigenvalue weighted by atomic mass is 10.0. The molecule has 0 spiro atoms. The van der Waals surface area contributed by atoms with Crippen molar-refractivity contribution in [2.24, 2.45) is 13.0 Å². The Morgan fingerprint density at radius 1 is 1.10 bits per heavy atom. The molecule has 2 aliphatic rings. The van der Waals surface area contributed by atoms with Crippen molar-refractivity contribution in [3.63, 3.8) is 0 Å². The van der Waals surface area contributed by atoms with Crippen molar-refractivity contribution in [3.8, 4) is 5.75 Å². The van der Waals surface area contributed by atoms with Crippen LogP contribution in [-0.4, -0.2) is 48.7 Å². The summed E-state index contributed by atoms with van der Waals surface area (Å²) in [6.07, 6.45) is 8.93. The second-order valence-electron chi connectivity index (χ2n) is 10.8. The van der Waals surface area contributed by atoms with Gasteiger partial charge in [-0.1, -0.05) is 38.1 Å². The Kier molecular flexibility index (Phi) is 7.31. The first-order chi connectivity index (χ1) is 19.1. The number of amides is 2. The van der Waals surface area contributed by atoms with Crippen molar-refractivity contribution < 1.29 is 14.3 Å². The molecule has 9 nitrogen and oxygen atoms in total. The van der Waals surface area contributed by atoms with Crippen LogP contribution in [0.4, 0.5) is 0 Å². The van der Waals surface area contributed by atoms with Gasteiger partial charge in [0.05, 0.1) is 34.0 Å². The van der Waals surface area contributed by atoms with Gasteiger partial charge in [0.1, 0.15) is 11.6 Å². The number of ether oxygens (including phenoxy) is 1. The third kappa shape index (κ3) is 4.80. The third-order valence-electron chi connectivity index (χ3n) is 7.22. The molecule has 5 rings (SSSR count). The smallest absolute Gasteiger partial charge is 0.265 e. The van der Waals surface area contributed by atoms with Crippen LogP contribution in [0.1, 0.15) is 72.4 Å². The summed E-state index contributed by atoms with van der Waals surface area (Å²) >= 11 is 0. The molecule has 0 N–H and O–H groups in total. The molecule has 208 valence electrons. The zero-order chi connectivity index (χ0) is 28.7. The molecule has 0 unspecified atom stereocenters. The van der Waals surface area contributed by atoms with E-state index in [2.05, 4.69) is 5.10 Å². The number of rotatable bonds is 7. The van der Waals surface area contributed by atoms with Crippen LogP contribution in [0.3, 0.4) is 0 Å². The van der Waals surface area contributed by atoms with Gasteiger partial charge in [0.25, 0.3) is 17.4 Å². The van der Waals surface area contributed by atoms with Gasteiger partial charge >= 0.3 is 0 Å². The molecule has 1 aromatic carbocycles. The molecule has 40 heavy (non-hydrogen) atoms. The molecule has 3 heterocycles. The summed E-state index contributed by atoms with van der Waals surface area (Å²) in [5.41, 5.74) is 3.45. The van der Waals surface area contributed by atoms with Crippen LogP contribution >= 0.6 is 0 Å². The number of nitrogens with zero attached hydrogens (tertiary/aromatic N) is 5. The summed E-state index contributed by atoms with van der Waals surface area (Å²) in [6, 6.07) is 5.08. The van der Waals surface area contributed by atoms with Crippen molar-refractivity contribution in [1.82, 2.24) is 24.2 Å². The fraction of sp³-hybridized carbons (Fsp3) is 0.387. The largest absolute Gasteiger partial charge is 0.490 e. The highest BCUT2D eigenvalue weighted by atomic mass is 16.5. The summed E-state index contributed by atoms with van der Waals surface area (Å²) in [4.78, 5) is 46.9. The van der Waals surface area contributed by atoms with Crippen LogP contribution in [0.15, 0.2) is 35.3 Å². The average molecular weight is 542 g/mol. The first-order valence-corrected chi connectivity index (χ1v) is 13.8. The molecule has 1 aliphatic carbocycles. The minimum absolute atomic E-state index is 0.0838. The second-order valence-corrected chi connectivity index (χ2v) is 10.8. The molecule has 0 saturated heterocycles. The van der Waals surface area contributed by atoms with E-state index in [1.54, 1.807) is 28.8 Å². The van der Waals surface area contributed by atoms with Crippen LogP contribution in [0.5, 0.6) is 5.75 Å². The van der Waals surface area contributed by atoms with Gasteiger partial charge in [-0.15, -0.1) is 0 Å². The molecular weight excluding hydrogens is 506 g/mol. The van der Waals surface area contributed by atoms with E-state index in [0.29, 0.717) is 40.5 Å². The Balaban J connectivity index is 1.55. The molecule has 2 aromatic heterocycles. The standard InChI is InChI=1S/C31H35N5O4/c1-7-22-24(15-18(2)3)33-27(36(30(22)38)21-12-11-20-17-32-34(6)25(20)16-21)13-14-35-29(37)23-9-8-10-26(40-19(4)5)28(23)31(35)39/h7-10,12,15,17-19H,11,13-14,16H2,1-6H3. The molecule has 2 amide bonds. The van der Waals surface area contributed by atoms with Crippen molar-refractivity contribution >= 4 is 29.7 Å². The molecule has 1 aliphatic heterocycles. The van der Waals surface area contributed by atoms with Crippen molar-refractivity contribution in [2.75, 3.05) is 6.54 Å². The number of aromatic nitrogens is 4. The molecule has 0 bridgehead atoms. The number of hydrogen-bond acceptors (Lipinski definition) is 6. The summed E-state index contributed by atoms with van der Waals surface area (Å²) in [5, 5.41) is 5.52. The van der Waals surface area contributed by atoms with E-state index in [9.17, 15) is 14.4 Å². The average Bonchev–Trinajstić information content (AvgIpc) is 3.39. The third-order valence-corrected chi connectivity index (χ3v) is 7.22. The zero-order valence-corrected chi connectivity index (χ0v) is 23.9. The maximum atomic E-state index is 14.0. The van der Waals surface area contributed by atoms with Gasteiger partial charge < -0.3 is 4.74 Å². The highest BCUT2D eigenvalue weighted by molar-refractivity contribution is 6.22. The Morgan fingerprint density at radius 2 is 1.88 bits per heavy atom. The van der Waals surface area contributed by atoms with E-state index < -0.39 is 5.91 Å². The van der Waals surface area contributed by atoms with Gasteiger partial charge in [-0.3, -0.25) is 28.5 Å². The second kappa shape index (κ2) is 10.7. The fourth-order valence-electron chi connectivity index (χ4n) is 5.39. The number of imide groups is 1. The number of benzene rings is 1. The summed E-state index contributed by atoms with van der Waals surface area (Å²) in [5.74, 6) is 0.325. The van der Waals surface area contributed by atoms with E-state index in [1.165, 1.54) is 4.90 Å². The molecule has 0 radical (unpaired) electrons. The molecular formula is C31H35N5O4. The van der Waals surface area contributed by atoms with Crippen LogP contribution in [0.25, 0.3) is 17.8 Å².